The predicted molar refractivity (Wildman–Crippen MR) is 159 cm³/mol. The fourth-order valence-corrected chi connectivity index (χ4v) is 4.16. The number of fused-ring (bicyclic) bond motifs is 2. The van der Waals surface area contributed by atoms with Crippen LogP contribution in [0.3, 0.4) is 0 Å². The van der Waals surface area contributed by atoms with Crippen LogP contribution in [0.15, 0.2) is 67.0 Å². The van der Waals surface area contributed by atoms with Gasteiger partial charge in [-0.3, -0.25) is 9.59 Å². The van der Waals surface area contributed by atoms with E-state index in [1.807, 2.05) is 0 Å². The van der Waals surface area contributed by atoms with E-state index in [4.69, 9.17) is 27.8 Å². The first kappa shape index (κ1) is 31.6. The Balaban J connectivity index is 1.49. The molecule has 43 heavy (non-hydrogen) atoms. The highest BCUT2D eigenvalue weighted by Crippen LogP contribution is 2.28. The van der Waals surface area contributed by atoms with E-state index in [1.54, 1.807) is 53.7 Å². The van der Waals surface area contributed by atoms with Gasteiger partial charge in [-0.2, -0.15) is 3.89 Å². The van der Waals surface area contributed by atoms with Crippen molar-refractivity contribution in [3.63, 3.8) is 0 Å². The second-order valence-corrected chi connectivity index (χ2v) is 12.4. The Morgan fingerprint density at radius 3 is 1.49 bits per heavy atom. The van der Waals surface area contributed by atoms with Crippen molar-refractivity contribution in [3.05, 3.63) is 80.5 Å². The third kappa shape index (κ3) is 7.95. The highest BCUT2D eigenvalue weighted by molar-refractivity contribution is 7.95. The molecule has 2 aromatic heterocycles. The molecule has 0 bridgehead atoms. The number of ether oxygens (including phenoxy) is 4. The zero-order valence-corrected chi connectivity index (χ0v) is 25.3. The molecule has 0 N–H and O–H groups in total. The Labute approximate surface area is 250 Å². The van der Waals surface area contributed by atoms with E-state index in [-0.39, 0.29) is 70.3 Å². The predicted octanol–water partition coefficient (Wildman–Crippen LogP) is 6.25. The molecule has 2 heterocycles. The van der Waals surface area contributed by atoms with E-state index in [0.717, 1.165) is 12.1 Å². The lowest BCUT2D eigenvalue weighted by atomic mass is 10.2. The highest BCUT2D eigenvalue weighted by atomic mass is 32.2. The smallest absolute Gasteiger partial charge is 0.374 e. The number of hydrogen-bond acceptors (Lipinski definition) is 11. The van der Waals surface area contributed by atoms with Crippen LogP contribution in [0.1, 0.15) is 62.7 Å². The zero-order valence-electron chi connectivity index (χ0n) is 24.5. The second kappa shape index (κ2) is 12.5. The quantitative estimate of drug-likeness (QED) is 0.198. The van der Waals surface area contributed by atoms with Gasteiger partial charge in [0.25, 0.3) is 0 Å². The molecule has 0 saturated carbocycles. The van der Waals surface area contributed by atoms with Gasteiger partial charge < -0.3 is 27.8 Å². The molecule has 12 heteroatoms. The van der Waals surface area contributed by atoms with Crippen molar-refractivity contribution in [1.82, 2.24) is 0 Å². The molecule has 0 spiro atoms. The van der Waals surface area contributed by atoms with Gasteiger partial charge in [-0.15, -0.1) is 0 Å². The Kier molecular flexibility index (Phi) is 9.19. The molecule has 228 valence electrons. The van der Waals surface area contributed by atoms with E-state index in [0.29, 0.717) is 0 Å². The average Bonchev–Trinajstić information content (AvgIpc) is 2.90. The summed E-state index contributed by atoms with van der Waals surface area (Å²) in [6.45, 7) is 9.72. The number of halogens is 1. The van der Waals surface area contributed by atoms with Gasteiger partial charge in [-0.25, -0.2) is 9.59 Å². The van der Waals surface area contributed by atoms with Crippen LogP contribution in [0.25, 0.3) is 21.9 Å². The lowest BCUT2D eigenvalue weighted by molar-refractivity contribution is 0.00249. The molecule has 2 aromatic carbocycles. The van der Waals surface area contributed by atoms with E-state index in [2.05, 4.69) is 0 Å². The average molecular weight is 615 g/mol. The minimum atomic E-state index is -0.869. The molecular formula is C31H31FO10S. The van der Waals surface area contributed by atoms with Crippen molar-refractivity contribution in [2.24, 2.45) is 0 Å². The van der Waals surface area contributed by atoms with Crippen molar-refractivity contribution in [2.75, 3.05) is 13.2 Å². The van der Waals surface area contributed by atoms with Crippen LogP contribution >= 0.6 is 12.1 Å². The summed E-state index contributed by atoms with van der Waals surface area (Å²) in [6, 6.07) is 11.2. The van der Waals surface area contributed by atoms with Crippen molar-refractivity contribution in [1.29, 1.82) is 0 Å². The van der Waals surface area contributed by atoms with Crippen LogP contribution in [0, 0.1) is 0 Å². The maximum Gasteiger partial charge on any atom is 0.374 e. The molecule has 10 nitrogen and oxygen atoms in total. The zero-order chi connectivity index (χ0) is 31.5. The molecule has 0 fully saturated rings. The van der Waals surface area contributed by atoms with Gasteiger partial charge in [-0.1, -0.05) is 12.1 Å². The van der Waals surface area contributed by atoms with Crippen LogP contribution in [0.2, 0.25) is 0 Å². The Morgan fingerprint density at radius 2 is 1.14 bits per heavy atom. The molecule has 0 saturated heterocycles. The fraction of sp³-hybridized carbons (Fsp3) is 0.355. The summed E-state index contributed by atoms with van der Waals surface area (Å²) in [6.07, 6.45) is 0. The third-order valence-electron chi connectivity index (χ3n) is 5.61. The summed E-state index contributed by atoms with van der Waals surface area (Å²) in [5.41, 5.74) is -2.44. The first-order valence-corrected chi connectivity index (χ1v) is 14.1. The van der Waals surface area contributed by atoms with Crippen LogP contribution < -0.4 is 20.3 Å². The molecule has 0 radical (unpaired) electrons. The monoisotopic (exact) mass is 614 g/mol. The van der Waals surface area contributed by atoms with Crippen LogP contribution in [0.5, 0.6) is 11.5 Å². The van der Waals surface area contributed by atoms with Gasteiger partial charge in [0.15, 0.2) is 10.9 Å². The van der Waals surface area contributed by atoms with Gasteiger partial charge in [0, 0.05) is 12.1 Å². The molecule has 4 rings (SSSR count). The number of hydrogen-bond donors (Lipinski definition) is 0. The maximum absolute atomic E-state index is 13.9. The lowest BCUT2D eigenvalue weighted by Gasteiger charge is -2.19. The number of rotatable bonds is 9. The van der Waals surface area contributed by atoms with Gasteiger partial charge >= 0.3 is 11.9 Å². The van der Waals surface area contributed by atoms with Crippen molar-refractivity contribution < 1.29 is 41.3 Å². The van der Waals surface area contributed by atoms with Crippen molar-refractivity contribution >= 4 is 46.0 Å². The summed E-state index contributed by atoms with van der Waals surface area (Å²) < 4.78 is 47.2. The number of carbonyl (C=O) groups is 2. The summed E-state index contributed by atoms with van der Waals surface area (Å²) in [5.74, 6) is -1.83. The molecule has 4 aromatic rings. The van der Waals surface area contributed by atoms with Crippen LogP contribution in [-0.2, 0) is 9.47 Å². The van der Waals surface area contributed by atoms with E-state index < -0.39 is 39.2 Å². The van der Waals surface area contributed by atoms with Crippen molar-refractivity contribution in [2.45, 2.75) is 58.0 Å². The maximum atomic E-state index is 13.9. The Hall–Kier alpha value is -4.32. The molecule has 0 aliphatic heterocycles. The summed E-state index contributed by atoms with van der Waals surface area (Å²) >= 11 is -0.0247. The Bertz CT molecular complexity index is 1650. The minimum absolute atomic E-state index is 0.0247. The van der Waals surface area contributed by atoms with Crippen LogP contribution in [-0.4, -0.2) is 41.6 Å². The molecule has 0 unspecified atom stereocenters. The first-order chi connectivity index (χ1) is 20.1. The fourth-order valence-electron chi connectivity index (χ4n) is 3.92. The molecule has 0 aliphatic carbocycles. The standard InChI is InChI=1S/C31H31FO10S/c1-30(2,3)41-28(35)24-13-18(33)26-20(9-7-11-22(26)39-24)37-15-17(43-32)16-38-21-10-8-12-23-27(21)19(34)14-25(40-23)29(36)42-31(4,5)6/h7-14,17H,15-16H2,1-6H3. The van der Waals surface area contributed by atoms with Gasteiger partial charge in [-0.05, 0) is 65.8 Å². The SMILES string of the molecule is CC(C)(C)OC(=O)c1cc(=O)c2c(OCC(COc3cccc4oc(C(=O)OC(C)(C)C)cc(=O)c34)SF)cccc2o1. The number of benzene rings is 2. The van der Waals surface area contributed by atoms with E-state index >= 15 is 0 Å². The topological polar surface area (TPSA) is 131 Å². The van der Waals surface area contributed by atoms with E-state index in [1.165, 1.54) is 24.3 Å². The lowest BCUT2D eigenvalue weighted by Crippen LogP contribution is -2.25. The van der Waals surface area contributed by atoms with Gasteiger partial charge in [0.1, 0.15) is 63.1 Å². The van der Waals surface area contributed by atoms with E-state index in [9.17, 15) is 23.1 Å². The normalized spacial score (nSPS) is 12.0. The molecular weight excluding hydrogens is 583 g/mol. The number of esters is 2. The molecule has 0 amide bonds. The van der Waals surface area contributed by atoms with Gasteiger partial charge in [0.05, 0.1) is 12.1 Å². The van der Waals surface area contributed by atoms with Crippen molar-refractivity contribution in [3.8, 4) is 11.5 Å². The van der Waals surface area contributed by atoms with Crippen LogP contribution in [0.4, 0.5) is 3.89 Å². The summed E-state index contributed by atoms with van der Waals surface area (Å²) in [7, 11) is 0. The first-order valence-electron chi connectivity index (χ1n) is 13.3. The highest BCUT2D eigenvalue weighted by Gasteiger charge is 2.24. The van der Waals surface area contributed by atoms with Gasteiger partial charge in [0.2, 0.25) is 11.5 Å². The largest absolute Gasteiger partial charge is 0.491 e. The third-order valence-corrected chi connectivity index (χ3v) is 6.13. The summed E-state index contributed by atoms with van der Waals surface area (Å²) in [5, 5.41) is -0.719. The Morgan fingerprint density at radius 1 is 0.744 bits per heavy atom. The second-order valence-electron chi connectivity index (χ2n) is 11.5. The minimum Gasteiger partial charge on any atom is -0.491 e. The number of carbonyl (C=O) groups excluding carboxylic acids is 2. The summed E-state index contributed by atoms with van der Waals surface area (Å²) in [4.78, 5) is 50.6. The molecule has 0 aliphatic rings. The molecule has 0 atom stereocenters.